The largest absolute Gasteiger partial charge is 0.357 e. The highest BCUT2D eigenvalue weighted by Gasteiger charge is 2.08. The van der Waals surface area contributed by atoms with Gasteiger partial charge in [0, 0.05) is 12.7 Å². The second kappa shape index (κ2) is 3.59. The molecule has 2 aromatic heterocycles. The standard InChI is InChI=1S/C11H14N4O/c1-6-5-9-13-10(12-4)14-11(16)15(9)8(3)7(6)2/h5H,1-4H3,(H,12,14,16). The monoisotopic (exact) mass is 218 g/mol. The first kappa shape index (κ1) is 10.6. The van der Waals surface area contributed by atoms with Crippen molar-refractivity contribution in [2.45, 2.75) is 20.8 Å². The molecule has 0 unspecified atom stereocenters. The summed E-state index contributed by atoms with van der Waals surface area (Å²) < 4.78 is 1.53. The Balaban J connectivity index is 2.96. The van der Waals surface area contributed by atoms with Gasteiger partial charge in [0.2, 0.25) is 5.95 Å². The average molecular weight is 218 g/mol. The number of anilines is 1. The van der Waals surface area contributed by atoms with Gasteiger partial charge in [0.1, 0.15) is 5.65 Å². The summed E-state index contributed by atoms with van der Waals surface area (Å²) in [4.78, 5) is 19.9. The van der Waals surface area contributed by atoms with Crippen molar-refractivity contribution in [1.82, 2.24) is 14.4 Å². The van der Waals surface area contributed by atoms with Gasteiger partial charge in [-0.2, -0.15) is 9.97 Å². The van der Waals surface area contributed by atoms with E-state index >= 15 is 0 Å². The summed E-state index contributed by atoms with van der Waals surface area (Å²) in [5, 5.41) is 2.78. The number of rotatable bonds is 1. The summed E-state index contributed by atoms with van der Waals surface area (Å²) in [5.41, 5.74) is 3.44. The van der Waals surface area contributed by atoms with Gasteiger partial charge in [0.15, 0.2) is 0 Å². The fourth-order valence-electron chi connectivity index (χ4n) is 1.70. The predicted molar refractivity (Wildman–Crippen MR) is 63.0 cm³/mol. The molecule has 0 aliphatic heterocycles. The molecule has 84 valence electrons. The van der Waals surface area contributed by atoms with Crippen LogP contribution in [-0.4, -0.2) is 21.4 Å². The molecule has 16 heavy (non-hydrogen) atoms. The van der Waals surface area contributed by atoms with E-state index in [2.05, 4.69) is 15.3 Å². The number of pyridine rings is 1. The summed E-state index contributed by atoms with van der Waals surface area (Å²) in [6, 6.07) is 1.90. The summed E-state index contributed by atoms with van der Waals surface area (Å²) in [6.45, 7) is 5.90. The average Bonchev–Trinajstić information content (AvgIpc) is 2.25. The van der Waals surface area contributed by atoms with Crippen LogP contribution >= 0.6 is 0 Å². The Labute approximate surface area is 93.2 Å². The second-order valence-corrected chi connectivity index (χ2v) is 3.81. The highest BCUT2D eigenvalue weighted by atomic mass is 16.1. The van der Waals surface area contributed by atoms with Crippen molar-refractivity contribution >= 4 is 11.6 Å². The van der Waals surface area contributed by atoms with Crippen LogP contribution in [0.1, 0.15) is 16.8 Å². The zero-order valence-electron chi connectivity index (χ0n) is 9.83. The highest BCUT2D eigenvalue weighted by molar-refractivity contribution is 5.48. The minimum atomic E-state index is -0.296. The molecule has 1 N–H and O–H groups in total. The lowest BCUT2D eigenvalue weighted by atomic mass is 10.1. The maximum absolute atomic E-state index is 11.8. The van der Waals surface area contributed by atoms with E-state index in [9.17, 15) is 4.79 Å². The van der Waals surface area contributed by atoms with Crippen molar-refractivity contribution in [1.29, 1.82) is 0 Å². The topological polar surface area (TPSA) is 59.3 Å². The van der Waals surface area contributed by atoms with Gasteiger partial charge >= 0.3 is 5.69 Å². The third kappa shape index (κ3) is 1.44. The SMILES string of the molecule is CNc1nc(=O)n2c(C)c(C)c(C)cc2n1. The van der Waals surface area contributed by atoms with Crippen LogP contribution in [0, 0.1) is 20.8 Å². The molecule has 0 aliphatic carbocycles. The zero-order valence-corrected chi connectivity index (χ0v) is 9.83. The van der Waals surface area contributed by atoms with Gasteiger partial charge in [-0.05, 0) is 38.0 Å². The fraction of sp³-hybridized carbons (Fsp3) is 0.364. The molecule has 0 atom stereocenters. The summed E-state index contributed by atoms with van der Waals surface area (Å²) in [6.07, 6.45) is 0. The van der Waals surface area contributed by atoms with Crippen LogP contribution in [0.2, 0.25) is 0 Å². The Bertz CT molecular complexity index is 615. The molecule has 0 radical (unpaired) electrons. The molecule has 2 heterocycles. The molecule has 0 saturated heterocycles. The predicted octanol–water partition coefficient (Wildman–Crippen LogP) is 1.06. The van der Waals surface area contributed by atoms with Crippen molar-refractivity contribution in [2.75, 3.05) is 12.4 Å². The quantitative estimate of drug-likeness (QED) is 0.777. The van der Waals surface area contributed by atoms with Crippen molar-refractivity contribution in [3.63, 3.8) is 0 Å². The number of hydrogen-bond donors (Lipinski definition) is 1. The van der Waals surface area contributed by atoms with E-state index in [1.165, 1.54) is 4.40 Å². The molecule has 0 saturated carbocycles. The molecular weight excluding hydrogens is 204 g/mol. The molecule has 2 aromatic rings. The number of nitrogens with one attached hydrogen (secondary N) is 1. The van der Waals surface area contributed by atoms with E-state index < -0.39 is 0 Å². The van der Waals surface area contributed by atoms with E-state index in [4.69, 9.17) is 0 Å². The molecule has 0 amide bonds. The van der Waals surface area contributed by atoms with Gasteiger partial charge in [-0.1, -0.05) is 0 Å². The van der Waals surface area contributed by atoms with Gasteiger partial charge in [-0.25, -0.2) is 9.20 Å². The third-order valence-electron chi connectivity index (χ3n) is 2.88. The maximum atomic E-state index is 11.8. The fourth-order valence-corrected chi connectivity index (χ4v) is 1.70. The van der Waals surface area contributed by atoms with E-state index in [0.29, 0.717) is 11.6 Å². The Morgan fingerprint density at radius 1 is 1.25 bits per heavy atom. The van der Waals surface area contributed by atoms with Crippen molar-refractivity contribution in [2.24, 2.45) is 0 Å². The minimum Gasteiger partial charge on any atom is -0.357 e. The molecule has 2 rings (SSSR count). The maximum Gasteiger partial charge on any atom is 0.356 e. The number of aryl methyl sites for hydroxylation is 2. The van der Waals surface area contributed by atoms with Gasteiger partial charge < -0.3 is 5.32 Å². The van der Waals surface area contributed by atoms with E-state index in [1.807, 2.05) is 26.8 Å². The molecule has 0 aliphatic rings. The number of nitrogens with zero attached hydrogens (tertiary/aromatic N) is 3. The first-order valence-corrected chi connectivity index (χ1v) is 5.10. The Morgan fingerprint density at radius 3 is 2.56 bits per heavy atom. The number of hydrogen-bond acceptors (Lipinski definition) is 4. The Hall–Kier alpha value is -1.91. The van der Waals surface area contributed by atoms with Crippen LogP contribution in [0.25, 0.3) is 5.65 Å². The van der Waals surface area contributed by atoms with E-state index in [-0.39, 0.29) is 5.69 Å². The summed E-state index contributed by atoms with van der Waals surface area (Å²) >= 11 is 0. The first-order valence-electron chi connectivity index (χ1n) is 5.10. The van der Waals surface area contributed by atoms with Crippen molar-refractivity contribution < 1.29 is 0 Å². The lowest BCUT2D eigenvalue weighted by Gasteiger charge is -2.10. The smallest absolute Gasteiger partial charge is 0.356 e. The van der Waals surface area contributed by atoms with Crippen LogP contribution in [0.5, 0.6) is 0 Å². The number of aromatic nitrogens is 3. The van der Waals surface area contributed by atoms with Gasteiger partial charge in [0.25, 0.3) is 0 Å². The van der Waals surface area contributed by atoms with Gasteiger partial charge in [-0.3, -0.25) is 0 Å². The highest BCUT2D eigenvalue weighted by Crippen LogP contribution is 2.13. The first-order chi connectivity index (χ1) is 7.54. The van der Waals surface area contributed by atoms with Crippen LogP contribution in [0.15, 0.2) is 10.9 Å². The molecule has 0 bridgehead atoms. The normalized spacial score (nSPS) is 10.8. The third-order valence-corrected chi connectivity index (χ3v) is 2.88. The van der Waals surface area contributed by atoms with Crippen LogP contribution < -0.4 is 11.0 Å². The Kier molecular flexibility index (Phi) is 2.38. The zero-order chi connectivity index (χ0) is 11.9. The van der Waals surface area contributed by atoms with Gasteiger partial charge in [-0.15, -0.1) is 0 Å². The molecule has 0 spiro atoms. The molecule has 5 heteroatoms. The molecule has 0 aromatic carbocycles. The number of fused-ring (bicyclic) bond motifs is 1. The van der Waals surface area contributed by atoms with Crippen LogP contribution in [-0.2, 0) is 0 Å². The summed E-state index contributed by atoms with van der Waals surface area (Å²) in [7, 11) is 1.69. The van der Waals surface area contributed by atoms with Gasteiger partial charge in [0.05, 0.1) is 0 Å². The molecule has 5 nitrogen and oxygen atoms in total. The molecule has 0 fully saturated rings. The van der Waals surface area contributed by atoms with E-state index in [0.717, 1.165) is 16.8 Å². The van der Waals surface area contributed by atoms with Crippen LogP contribution in [0.3, 0.4) is 0 Å². The summed E-state index contributed by atoms with van der Waals surface area (Å²) in [5.74, 6) is 0.354. The molecular formula is C11H14N4O. The van der Waals surface area contributed by atoms with E-state index in [1.54, 1.807) is 7.05 Å². The van der Waals surface area contributed by atoms with Crippen LogP contribution in [0.4, 0.5) is 5.95 Å². The second-order valence-electron chi connectivity index (χ2n) is 3.81. The van der Waals surface area contributed by atoms with Crippen molar-refractivity contribution in [3.05, 3.63) is 33.4 Å². The van der Waals surface area contributed by atoms with Crippen molar-refractivity contribution in [3.8, 4) is 0 Å². The minimum absolute atomic E-state index is 0.296. The lowest BCUT2D eigenvalue weighted by molar-refractivity contribution is 0.897. The lowest BCUT2D eigenvalue weighted by Crippen LogP contribution is -2.22. The Morgan fingerprint density at radius 2 is 1.94 bits per heavy atom.